The molecule has 8 heteroatoms. The predicted octanol–water partition coefficient (Wildman–Crippen LogP) is 3.14. The highest BCUT2D eigenvalue weighted by molar-refractivity contribution is 6.39. The van der Waals surface area contributed by atoms with Gasteiger partial charge in [-0.1, -0.05) is 23.2 Å². The van der Waals surface area contributed by atoms with E-state index in [0.29, 0.717) is 32.6 Å². The Labute approximate surface area is 138 Å². The van der Waals surface area contributed by atoms with E-state index in [0.717, 1.165) is 0 Å². The average Bonchev–Trinajstić information content (AvgIpc) is 2.35. The van der Waals surface area contributed by atoms with Crippen LogP contribution in [0.2, 0.25) is 10.0 Å². The van der Waals surface area contributed by atoms with Crippen LogP contribution in [0.3, 0.4) is 0 Å². The largest absolute Gasteiger partial charge is 0.383 e. The summed E-state index contributed by atoms with van der Waals surface area (Å²) in [4.78, 5) is 14.1. The number of aryl methyl sites for hydroxylation is 1. The van der Waals surface area contributed by atoms with Gasteiger partial charge in [-0.25, -0.2) is 9.98 Å². The lowest BCUT2D eigenvalue weighted by molar-refractivity contribution is 0.643. The van der Waals surface area contributed by atoms with Gasteiger partial charge in [-0.05, 0) is 24.6 Å². The predicted molar refractivity (Wildman–Crippen MR) is 92.9 cm³/mol. The second-order valence-corrected chi connectivity index (χ2v) is 5.74. The molecule has 0 saturated carbocycles. The van der Waals surface area contributed by atoms with Gasteiger partial charge in [0, 0.05) is 19.7 Å². The van der Waals surface area contributed by atoms with E-state index in [1.807, 2.05) is 14.1 Å². The van der Waals surface area contributed by atoms with Crippen molar-refractivity contribution in [2.45, 2.75) is 6.92 Å². The van der Waals surface area contributed by atoms with Crippen molar-refractivity contribution in [2.24, 2.45) is 4.99 Å². The zero-order valence-corrected chi connectivity index (χ0v) is 13.9. The van der Waals surface area contributed by atoms with E-state index in [-0.39, 0.29) is 11.8 Å². The van der Waals surface area contributed by atoms with Crippen LogP contribution >= 0.6 is 23.2 Å². The Morgan fingerprint density at radius 2 is 1.73 bits per heavy atom. The summed E-state index contributed by atoms with van der Waals surface area (Å²) < 4.78 is 0. The van der Waals surface area contributed by atoms with Gasteiger partial charge >= 0.3 is 0 Å². The van der Waals surface area contributed by atoms with Crippen molar-refractivity contribution in [3.8, 4) is 11.1 Å². The molecule has 0 radical (unpaired) electrons. The summed E-state index contributed by atoms with van der Waals surface area (Å²) in [7, 11) is 3.71. The topological polar surface area (TPSA) is 93.4 Å². The molecule has 2 rings (SSSR count). The Bertz CT molecular complexity index is 696. The summed E-state index contributed by atoms with van der Waals surface area (Å²) in [6, 6.07) is 3.46. The summed E-state index contributed by atoms with van der Waals surface area (Å²) in [5.41, 5.74) is 14.0. The van der Waals surface area contributed by atoms with Crippen LogP contribution < -0.4 is 11.5 Å². The van der Waals surface area contributed by atoms with E-state index in [2.05, 4.69) is 15.0 Å². The van der Waals surface area contributed by atoms with Crippen LogP contribution in [0, 0.1) is 6.92 Å². The molecule has 0 amide bonds. The second kappa shape index (κ2) is 6.37. The Morgan fingerprint density at radius 1 is 1.14 bits per heavy atom. The number of benzene rings is 1. The van der Waals surface area contributed by atoms with Crippen molar-refractivity contribution in [1.82, 2.24) is 14.9 Å². The van der Waals surface area contributed by atoms with Gasteiger partial charge in [0.15, 0.2) is 0 Å². The minimum absolute atomic E-state index is 0.128. The third-order valence-electron chi connectivity index (χ3n) is 2.86. The van der Waals surface area contributed by atoms with Gasteiger partial charge in [0.1, 0.15) is 11.5 Å². The SMILES string of the molecule is Cc1nc(N)nc(N)c1-c1cc(Cl)c(/N=C/N(C)C)c(Cl)c1. The van der Waals surface area contributed by atoms with Gasteiger partial charge in [-0.15, -0.1) is 0 Å². The van der Waals surface area contributed by atoms with Crippen molar-refractivity contribution in [3.63, 3.8) is 0 Å². The summed E-state index contributed by atoms with van der Waals surface area (Å²) in [5, 5.41) is 0.826. The van der Waals surface area contributed by atoms with Gasteiger partial charge in [0.25, 0.3) is 0 Å². The van der Waals surface area contributed by atoms with Gasteiger partial charge in [0.2, 0.25) is 5.95 Å². The monoisotopic (exact) mass is 338 g/mol. The van der Waals surface area contributed by atoms with Crippen LogP contribution in [0.1, 0.15) is 5.69 Å². The van der Waals surface area contributed by atoms with E-state index in [1.165, 1.54) is 0 Å². The Morgan fingerprint density at radius 3 is 2.23 bits per heavy atom. The van der Waals surface area contributed by atoms with Crippen LogP contribution in [-0.4, -0.2) is 35.3 Å². The molecular weight excluding hydrogens is 323 g/mol. The number of nitrogen functional groups attached to an aromatic ring is 2. The molecule has 0 unspecified atom stereocenters. The number of aliphatic imine (C=N–C) groups is 1. The lowest BCUT2D eigenvalue weighted by Crippen LogP contribution is -2.07. The third-order valence-corrected chi connectivity index (χ3v) is 3.43. The zero-order valence-electron chi connectivity index (χ0n) is 12.4. The first-order valence-corrected chi connectivity index (χ1v) is 7.14. The molecule has 22 heavy (non-hydrogen) atoms. The minimum Gasteiger partial charge on any atom is -0.383 e. The fourth-order valence-electron chi connectivity index (χ4n) is 1.98. The van der Waals surface area contributed by atoms with Crippen molar-refractivity contribution < 1.29 is 0 Å². The molecule has 6 nitrogen and oxygen atoms in total. The smallest absolute Gasteiger partial charge is 0.222 e. The van der Waals surface area contributed by atoms with Crippen molar-refractivity contribution >= 4 is 47.0 Å². The Kier molecular flexibility index (Phi) is 4.73. The average molecular weight is 339 g/mol. The first-order valence-electron chi connectivity index (χ1n) is 6.39. The van der Waals surface area contributed by atoms with Crippen LogP contribution in [0.15, 0.2) is 17.1 Å². The number of hydrogen-bond acceptors (Lipinski definition) is 5. The first-order chi connectivity index (χ1) is 10.3. The van der Waals surface area contributed by atoms with E-state index >= 15 is 0 Å². The summed E-state index contributed by atoms with van der Waals surface area (Å²) in [6.07, 6.45) is 1.62. The molecule has 0 aliphatic carbocycles. The van der Waals surface area contributed by atoms with Crippen LogP contribution in [-0.2, 0) is 0 Å². The minimum atomic E-state index is 0.128. The van der Waals surface area contributed by atoms with Gasteiger partial charge in [-0.2, -0.15) is 4.98 Å². The van der Waals surface area contributed by atoms with Crippen molar-refractivity contribution in [1.29, 1.82) is 0 Å². The maximum atomic E-state index is 6.28. The van der Waals surface area contributed by atoms with Crippen LogP contribution in [0.5, 0.6) is 0 Å². The molecule has 0 spiro atoms. The second-order valence-electron chi connectivity index (χ2n) is 4.92. The Hall–Kier alpha value is -2.05. The number of halogens is 2. The molecule has 1 heterocycles. The highest BCUT2D eigenvalue weighted by atomic mass is 35.5. The normalized spacial score (nSPS) is 11.1. The summed E-state index contributed by atoms with van der Waals surface area (Å²) >= 11 is 12.6. The summed E-state index contributed by atoms with van der Waals surface area (Å²) in [5.74, 6) is 0.407. The zero-order chi connectivity index (χ0) is 16.4. The number of aromatic nitrogens is 2. The molecule has 0 aliphatic rings. The highest BCUT2D eigenvalue weighted by Gasteiger charge is 2.14. The molecule has 1 aromatic heterocycles. The van der Waals surface area contributed by atoms with Crippen molar-refractivity contribution in [2.75, 3.05) is 25.6 Å². The lowest BCUT2D eigenvalue weighted by atomic mass is 10.0. The quantitative estimate of drug-likeness (QED) is 0.662. The van der Waals surface area contributed by atoms with E-state index in [4.69, 9.17) is 34.7 Å². The maximum absolute atomic E-state index is 6.28. The number of rotatable bonds is 3. The number of hydrogen-bond donors (Lipinski definition) is 2. The van der Waals surface area contributed by atoms with E-state index in [1.54, 1.807) is 30.3 Å². The molecule has 0 bridgehead atoms. The van der Waals surface area contributed by atoms with Gasteiger partial charge < -0.3 is 16.4 Å². The highest BCUT2D eigenvalue weighted by Crippen LogP contribution is 2.39. The first kappa shape index (κ1) is 16.3. The molecule has 0 saturated heterocycles. The summed E-state index contributed by atoms with van der Waals surface area (Å²) in [6.45, 7) is 1.80. The Balaban J connectivity index is 2.56. The third kappa shape index (κ3) is 3.40. The molecule has 0 aliphatic heterocycles. The van der Waals surface area contributed by atoms with Gasteiger partial charge in [-0.3, -0.25) is 0 Å². The molecule has 0 atom stereocenters. The van der Waals surface area contributed by atoms with Gasteiger partial charge in [0.05, 0.1) is 22.1 Å². The fourth-order valence-corrected chi connectivity index (χ4v) is 2.57. The van der Waals surface area contributed by atoms with Crippen LogP contribution in [0.4, 0.5) is 17.5 Å². The lowest BCUT2D eigenvalue weighted by Gasteiger charge is -2.12. The fraction of sp³-hybridized carbons (Fsp3) is 0.214. The maximum Gasteiger partial charge on any atom is 0.222 e. The number of anilines is 2. The van der Waals surface area contributed by atoms with Crippen LogP contribution in [0.25, 0.3) is 11.1 Å². The number of nitrogens with zero attached hydrogens (tertiary/aromatic N) is 4. The molecule has 116 valence electrons. The molecule has 0 fully saturated rings. The van der Waals surface area contributed by atoms with Crippen molar-refractivity contribution in [3.05, 3.63) is 27.9 Å². The van der Waals surface area contributed by atoms with E-state index in [9.17, 15) is 0 Å². The molecular formula is C14H16Cl2N6. The molecule has 2 aromatic rings. The molecule has 4 N–H and O–H groups in total. The molecule has 1 aromatic carbocycles. The van der Waals surface area contributed by atoms with E-state index < -0.39 is 0 Å². The number of nitrogens with two attached hydrogens (primary N) is 2. The standard InChI is InChI=1S/C14H16Cl2N6/c1-7-11(13(17)21-14(18)20-7)8-4-9(15)12(10(16)5-8)19-6-22(2)3/h4-6H,1-3H3,(H4,17,18,20,21)/b19-6+.